The number of para-hydroxylation sites is 3. The van der Waals surface area contributed by atoms with Crippen LogP contribution < -0.4 is 10.1 Å². The van der Waals surface area contributed by atoms with E-state index in [1.807, 2.05) is 47.4 Å². The van der Waals surface area contributed by atoms with Crippen LogP contribution in [0.15, 0.2) is 78.9 Å². The zero-order chi connectivity index (χ0) is 20.1. The quantitative estimate of drug-likeness (QED) is 0.662. The highest BCUT2D eigenvalue weighted by atomic mass is 16.5. The van der Waals surface area contributed by atoms with Crippen LogP contribution in [-0.2, 0) is 4.79 Å². The first-order chi connectivity index (χ1) is 14.2. The highest BCUT2D eigenvalue weighted by molar-refractivity contribution is 5.78. The number of nitrogens with zero attached hydrogens (tertiary/aromatic N) is 1. The third kappa shape index (κ3) is 4.66. The molecule has 4 rings (SSSR count). The first-order valence-corrected chi connectivity index (χ1v) is 10.2. The van der Waals surface area contributed by atoms with E-state index in [4.69, 9.17) is 4.74 Å². The molecule has 1 aliphatic heterocycles. The Hall–Kier alpha value is -3.11. The first-order valence-electron chi connectivity index (χ1n) is 10.2. The number of ether oxygens (including phenoxy) is 1. The van der Waals surface area contributed by atoms with E-state index < -0.39 is 0 Å². The van der Waals surface area contributed by atoms with Gasteiger partial charge in [0, 0.05) is 44.0 Å². The maximum atomic E-state index is 11.6. The standard InChI is InChI=1S/C25H26N2O2/c1-19(28)27-17-15-20(16-18-27)26-24-13-7-5-11-22(24)23-12-6-8-14-25(23)29-21-9-3-2-4-10-21/h2-14,20,26H,15-18H2,1H3/p+1. The summed E-state index contributed by atoms with van der Waals surface area (Å²) in [4.78, 5) is 13.5. The first kappa shape index (κ1) is 19.2. The van der Waals surface area contributed by atoms with Crippen molar-refractivity contribution in [2.45, 2.75) is 25.8 Å². The summed E-state index contributed by atoms with van der Waals surface area (Å²) in [6.07, 6.45) is 2.02. The van der Waals surface area contributed by atoms with Crippen LogP contribution in [0.25, 0.3) is 11.1 Å². The number of benzene rings is 3. The Kier molecular flexibility index (Phi) is 5.92. The van der Waals surface area contributed by atoms with Crippen molar-refractivity contribution in [3.8, 4) is 22.6 Å². The fraction of sp³-hybridized carbons (Fsp3) is 0.240. The van der Waals surface area contributed by atoms with Gasteiger partial charge in [-0.15, -0.1) is 0 Å². The number of hydrogen-bond acceptors (Lipinski definition) is 2. The molecule has 1 amide bonds. The molecule has 0 unspecified atom stereocenters. The normalized spacial score (nSPS) is 14.6. The lowest BCUT2D eigenvalue weighted by atomic mass is 10.00. The van der Waals surface area contributed by atoms with Gasteiger partial charge >= 0.3 is 0 Å². The van der Waals surface area contributed by atoms with Gasteiger partial charge in [-0.05, 0) is 30.3 Å². The van der Waals surface area contributed by atoms with Crippen LogP contribution in [0.5, 0.6) is 11.5 Å². The second-order valence-corrected chi connectivity index (χ2v) is 7.51. The zero-order valence-electron chi connectivity index (χ0n) is 16.8. The van der Waals surface area contributed by atoms with E-state index in [0.717, 1.165) is 43.0 Å². The fourth-order valence-electron chi connectivity index (χ4n) is 3.92. The van der Waals surface area contributed by atoms with Crippen LogP contribution in [0.4, 0.5) is 5.69 Å². The minimum atomic E-state index is 0.177. The predicted molar refractivity (Wildman–Crippen MR) is 115 cm³/mol. The van der Waals surface area contributed by atoms with E-state index in [1.54, 1.807) is 6.92 Å². The molecule has 1 saturated heterocycles. The summed E-state index contributed by atoms with van der Waals surface area (Å²) in [5.41, 5.74) is 3.48. The number of carbonyl (C=O) groups excluding carboxylic acids is 1. The summed E-state index contributed by atoms with van der Waals surface area (Å²) in [6.45, 7) is 3.34. The number of carbonyl (C=O) groups is 1. The Morgan fingerprint density at radius 3 is 2.21 bits per heavy atom. The number of piperidine rings is 1. The zero-order valence-corrected chi connectivity index (χ0v) is 16.8. The third-order valence-electron chi connectivity index (χ3n) is 5.51. The average Bonchev–Trinajstić information content (AvgIpc) is 2.76. The Labute approximate surface area is 172 Å². The van der Waals surface area contributed by atoms with Gasteiger partial charge < -0.3 is 15.0 Å². The number of amides is 1. The Bertz CT molecular complexity index is 963. The van der Waals surface area contributed by atoms with Crippen molar-refractivity contribution in [2.24, 2.45) is 0 Å². The summed E-state index contributed by atoms with van der Waals surface area (Å²) in [5.74, 6) is 1.86. The van der Waals surface area contributed by atoms with Crippen LogP contribution >= 0.6 is 0 Å². The van der Waals surface area contributed by atoms with Crippen molar-refractivity contribution in [1.82, 2.24) is 4.90 Å². The lowest BCUT2D eigenvalue weighted by Crippen LogP contribution is -2.86. The molecule has 1 heterocycles. The molecule has 4 nitrogen and oxygen atoms in total. The third-order valence-corrected chi connectivity index (χ3v) is 5.51. The topological polar surface area (TPSA) is 46.2 Å². The Morgan fingerprint density at radius 1 is 0.862 bits per heavy atom. The van der Waals surface area contributed by atoms with Gasteiger partial charge in [0.25, 0.3) is 0 Å². The fourth-order valence-corrected chi connectivity index (χ4v) is 3.92. The SMILES string of the molecule is CC(=O)N1CCC([NH2+]c2ccccc2-c2ccccc2Oc2ccccc2)CC1. The number of quaternary nitrogens is 1. The van der Waals surface area contributed by atoms with Gasteiger partial charge in [0.05, 0.1) is 6.04 Å². The molecule has 29 heavy (non-hydrogen) atoms. The van der Waals surface area contributed by atoms with Gasteiger partial charge in [0.2, 0.25) is 5.91 Å². The maximum absolute atomic E-state index is 11.6. The molecular formula is C25H27N2O2+. The molecule has 148 valence electrons. The van der Waals surface area contributed by atoms with Crippen molar-refractivity contribution in [2.75, 3.05) is 13.1 Å². The number of nitrogens with two attached hydrogens (primary N) is 1. The van der Waals surface area contributed by atoms with Crippen molar-refractivity contribution in [3.63, 3.8) is 0 Å². The van der Waals surface area contributed by atoms with Crippen molar-refractivity contribution in [3.05, 3.63) is 78.9 Å². The lowest BCUT2D eigenvalue weighted by Gasteiger charge is -2.30. The van der Waals surface area contributed by atoms with Gasteiger partial charge in [-0.2, -0.15) is 0 Å². The van der Waals surface area contributed by atoms with Crippen LogP contribution in [0.1, 0.15) is 19.8 Å². The second-order valence-electron chi connectivity index (χ2n) is 7.51. The number of rotatable bonds is 5. The predicted octanol–water partition coefficient (Wildman–Crippen LogP) is 4.35. The summed E-state index contributed by atoms with van der Waals surface area (Å²) >= 11 is 0. The van der Waals surface area contributed by atoms with Gasteiger partial charge in [-0.1, -0.05) is 48.5 Å². The summed E-state index contributed by atoms with van der Waals surface area (Å²) in [7, 11) is 0. The average molecular weight is 388 g/mol. The monoisotopic (exact) mass is 387 g/mol. The molecule has 1 aliphatic rings. The minimum Gasteiger partial charge on any atom is -0.457 e. The van der Waals surface area contributed by atoms with Crippen LogP contribution in [0, 0.1) is 0 Å². The molecule has 0 saturated carbocycles. The van der Waals surface area contributed by atoms with E-state index >= 15 is 0 Å². The van der Waals surface area contributed by atoms with Gasteiger partial charge in [-0.3, -0.25) is 4.79 Å². The molecule has 1 fully saturated rings. The van der Waals surface area contributed by atoms with Crippen molar-refractivity contribution >= 4 is 11.6 Å². The van der Waals surface area contributed by atoms with Gasteiger partial charge in [0.1, 0.15) is 17.2 Å². The molecule has 3 aromatic rings. The largest absolute Gasteiger partial charge is 0.457 e. The molecule has 0 aromatic heterocycles. The van der Waals surface area contributed by atoms with Gasteiger partial charge in [-0.25, -0.2) is 0 Å². The summed E-state index contributed by atoms with van der Waals surface area (Å²) in [6, 6.07) is 27.0. The second kappa shape index (κ2) is 8.93. The van der Waals surface area contributed by atoms with E-state index in [9.17, 15) is 4.79 Å². The summed E-state index contributed by atoms with van der Waals surface area (Å²) < 4.78 is 6.19. The smallest absolute Gasteiger partial charge is 0.219 e. The number of likely N-dealkylation sites (tertiary alicyclic amines) is 1. The van der Waals surface area contributed by atoms with E-state index in [-0.39, 0.29) is 5.91 Å². The highest BCUT2D eigenvalue weighted by Gasteiger charge is 2.24. The van der Waals surface area contributed by atoms with Crippen LogP contribution in [-0.4, -0.2) is 29.9 Å². The van der Waals surface area contributed by atoms with Crippen molar-refractivity contribution in [1.29, 1.82) is 0 Å². The van der Waals surface area contributed by atoms with E-state index in [1.165, 1.54) is 11.3 Å². The minimum absolute atomic E-state index is 0.177. The Balaban J connectivity index is 1.57. The maximum Gasteiger partial charge on any atom is 0.219 e. The molecule has 0 atom stereocenters. The van der Waals surface area contributed by atoms with Crippen LogP contribution in [0.2, 0.25) is 0 Å². The molecule has 0 bridgehead atoms. The molecule has 4 heteroatoms. The van der Waals surface area contributed by atoms with Crippen LogP contribution in [0.3, 0.4) is 0 Å². The van der Waals surface area contributed by atoms with E-state index in [2.05, 4.69) is 41.7 Å². The van der Waals surface area contributed by atoms with Crippen molar-refractivity contribution < 1.29 is 14.8 Å². The van der Waals surface area contributed by atoms with Gasteiger partial charge in [0.15, 0.2) is 0 Å². The highest BCUT2D eigenvalue weighted by Crippen LogP contribution is 2.35. The molecule has 0 spiro atoms. The summed E-state index contributed by atoms with van der Waals surface area (Å²) in [5, 5.41) is 2.37. The molecular weight excluding hydrogens is 360 g/mol. The Morgan fingerprint density at radius 2 is 1.48 bits per heavy atom. The lowest BCUT2D eigenvalue weighted by molar-refractivity contribution is -0.613. The van der Waals surface area contributed by atoms with E-state index in [0.29, 0.717) is 6.04 Å². The molecule has 2 N–H and O–H groups in total. The molecule has 0 radical (unpaired) electrons. The number of hydrogen-bond donors (Lipinski definition) is 1. The molecule has 3 aromatic carbocycles. The molecule has 0 aliphatic carbocycles.